The van der Waals surface area contributed by atoms with Gasteiger partial charge in [-0.3, -0.25) is 0 Å². The average Bonchev–Trinajstić information content (AvgIpc) is 2.51. The lowest BCUT2D eigenvalue weighted by atomic mass is 10.1. The van der Waals surface area contributed by atoms with Crippen molar-refractivity contribution in [2.75, 3.05) is 17.7 Å². The van der Waals surface area contributed by atoms with Crippen LogP contribution in [0.5, 0.6) is 0 Å². The Kier molecular flexibility index (Phi) is 5.35. The second kappa shape index (κ2) is 7.08. The van der Waals surface area contributed by atoms with Crippen molar-refractivity contribution in [3.8, 4) is 0 Å². The molecule has 0 bridgehead atoms. The Balaban J connectivity index is 2.07. The Morgan fingerprint density at radius 3 is 2.26 bits per heavy atom. The number of anilines is 2. The minimum Gasteiger partial charge on any atom is -0.332 e. The molecule has 0 spiro atoms. The molecule has 0 radical (unpaired) electrons. The highest BCUT2D eigenvalue weighted by molar-refractivity contribution is 7.89. The number of thiocarbonyl (C=S) groups is 1. The highest BCUT2D eigenvalue weighted by Gasteiger charge is 2.10. The summed E-state index contributed by atoms with van der Waals surface area (Å²) in [6.45, 7) is 4.02. The molecule has 23 heavy (non-hydrogen) atoms. The summed E-state index contributed by atoms with van der Waals surface area (Å²) in [5.74, 6) is 0. The third kappa shape index (κ3) is 4.51. The van der Waals surface area contributed by atoms with E-state index in [0.29, 0.717) is 10.8 Å². The Hall–Kier alpha value is -1.96. The van der Waals surface area contributed by atoms with Gasteiger partial charge in [-0.2, -0.15) is 0 Å². The van der Waals surface area contributed by atoms with Gasteiger partial charge in [0.25, 0.3) is 0 Å². The van der Waals surface area contributed by atoms with Crippen molar-refractivity contribution in [3.05, 3.63) is 53.6 Å². The quantitative estimate of drug-likeness (QED) is 0.740. The molecule has 0 heterocycles. The minimum absolute atomic E-state index is 0.207. The van der Waals surface area contributed by atoms with Gasteiger partial charge in [-0.25, -0.2) is 13.1 Å². The molecule has 2 rings (SSSR count). The van der Waals surface area contributed by atoms with Crippen molar-refractivity contribution in [1.29, 1.82) is 0 Å². The van der Waals surface area contributed by atoms with Crippen molar-refractivity contribution in [3.63, 3.8) is 0 Å². The summed E-state index contributed by atoms with van der Waals surface area (Å²) in [5, 5.41) is 6.63. The van der Waals surface area contributed by atoms with E-state index in [9.17, 15) is 8.42 Å². The fourth-order valence-electron chi connectivity index (χ4n) is 1.99. The molecule has 7 heteroatoms. The van der Waals surface area contributed by atoms with Gasteiger partial charge in [-0.15, -0.1) is 0 Å². The maximum Gasteiger partial charge on any atom is 0.240 e. The van der Waals surface area contributed by atoms with Gasteiger partial charge in [0.05, 0.1) is 4.90 Å². The Bertz CT molecular complexity index is 816. The number of aryl methyl sites for hydroxylation is 2. The molecule has 0 aliphatic heterocycles. The fraction of sp³-hybridized carbons (Fsp3) is 0.188. The van der Waals surface area contributed by atoms with E-state index in [1.807, 2.05) is 32.0 Å². The molecule has 0 saturated carbocycles. The maximum absolute atomic E-state index is 11.7. The van der Waals surface area contributed by atoms with Crippen LogP contribution in [-0.2, 0) is 10.0 Å². The second-order valence-electron chi connectivity index (χ2n) is 5.13. The first-order valence-electron chi connectivity index (χ1n) is 7.01. The lowest BCUT2D eigenvalue weighted by molar-refractivity contribution is 0.588. The van der Waals surface area contributed by atoms with E-state index in [1.165, 1.54) is 19.2 Å². The number of sulfonamides is 1. The Morgan fingerprint density at radius 1 is 1.00 bits per heavy atom. The lowest BCUT2D eigenvalue weighted by Crippen LogP contribution is -2.20. The first-order valence-corrected chi connectivity index (χ1v) is 8.90. The van der Waals surface area contributed by atoms with E-state index in [4.69, 9.17) is 12.2 Å². The molecule has 0 aliphatic rings. The molecule has 5 nitrogen and oxygen atoms in total. The normalized spacial score (nSPS) is 11.1. The van der Waals surface area contributed by atoms with Crippen LogP contribution in [0.1, 0.15) is 11.1 Å². The van der Waals surface area contributed by atoms with E-state index < -0.39 is 10.0 Å². The molecule has 0 amide bonds. The molecule has 0 aromatic heterocycles. The maximum atomic E-state index is 11.7. The van der Waals surface area contributed by atoms with Crippen LogP contribution in [0.4, 0.5) is 11.4 Å². The van der Waals surface area contributed by atoms with Crippen LogP contribution < -0.4 is 15.4 Å². The zero-order valence-corrected chi connectivity index (χ0v) is 14.8. The Morgan fingerprint density at radius 2 is 1.65 bits per heavy atom. The van der Waals surface area contributed by atoms with Gasteiger partial charge in [0.1, 0.15) is 0 Å². The summed E-state index contributed by atoms with van der Waals surface area (Å²) >= 11 is 5.30. The Labute approximate surface area is 142 Å². The van der Waals surface area contributed by atoms with Crippen molar-refractivity contribution in [1.82, 2.24) is 4.72 Å². The van der Waals surface area contributed by atoms with Crippen molar-refractivity contribution in [2.24, 2.45) is 0 Å². The van der Waals surface area contributed by atoms with Gasteiger partial charge in [0.15, 0.2) is 5.11 Å². The first kappa shape index (κ1) is 17.4. The van der Waals surface area contributed by atoms with Crippen LogP contribution in [0.3, 0.4) is 0 Å². The van der Waals surface area contributed by atoms with Crippen LogP contribution >= 0.6 is 12.2 Å². The van der Waals surface area contributed by atoms with Gasteiger partial charge in [0, 0.05) is 11.4 Å². The standard InChI is InChI=1S/C16H19N3O2S2/c1-11-4-5-12(2)15(10-11)19-16(22)18-13-6-8-14(9-7-13)23(20,21)17-3/h4-10,17H,1-3H3,(H2,18,19,22). The molecule has 3 N–H and O–H groups in total. The molecule has 0 aliphatic carbocycles. The van der Waals surface area contributed by atoms with Gasteiger partial charge in [0.2, 0.25) is 10.0 Å². The zero-order valence-electron chi connectivity index (χ0n) is 13.2. The van der Waals surface area contributed by atoms with E-state index in [0.717, 1.165) is 16.8 Å². The number of nitrogens with one attached hydrogen (secondary N) is 3. The molecule has 0 fully saturated rings. The van der Waals surface area contributed by atoms with E-state index >= 15 is 0 Å². The molecular weight excluding hydrogens is 330 g/mol. The third-order valence-corrected chi connectivity index (χ3v) is 4.97. The molecule has 0 unspecified atom stereocenters. The van der Waals surface area contributed by atoms with Crippen LogP contribution in [0.2, 0.25) is 0 Å². The van der Waals surface area contributed by atoms with Crippen molar-refractivity contribution >= 4 is 38.7 Å². The van der Waals surface area contributed by atoms with Crippen LogP contribution in [0.15, 0.2) is 47.4 Å². The summed E-state index contributed by atoms with van der Waals surface area (Å²) in [7, 11) is -2.05. The van der Waals surface area contributed by atoms with Crippen LogP contribution in [0, 0.1) is 13.8 Å². The van der Waals surface area contributed by atoms with E-state index in [-0.39, 0.29) is 4.90 Å². The smallest absolute Gasteiger partial charge is 0.240 e. The predicted octanol–water partition coefficient (Wildman–Crippen LogP) is 3.02. The summed E-state index contributed by atoms with van der Waals surface area (Å²) in [6.07, 6.45) is 0. The monoisotopic (exact) mass is 349 g/mol. The van der Waals surface area contributed by atoms with Crippen molar-refractivity contribution in [2.45, 2.75) is 18.7 Å². The second-order valence-corrected chi connectivity index (χ2v) is 7.42. The van der Waals surface area contributed by atoms with Crippen LogP contribution in [0.25, 0.3) is 0 Å². The topological polar surface area (TPSA) is 70.2 Å². The SMILES string of the molecule is CNS(=O)(=O)c1ccc(NC(=S)Nc2cc(C)ccc2C)cc1. The number of rotatable bonds is 4. The van der Waals surface area contributed by atoms with Crippen LogP contribution in [-0.4, -0.2) is 20.6 Å². The highest BCUT2D eigenvalue weighted by atomic mass is 32.2. The fourth-order valence-corrected chi connectivity index (χ4v) is 2.95. The number of hydrogen-bond donors (Lipinski definition) is 3. The van der Waals surface area contributed by atoms with E-state index in [2.05, 4.69) is 15.4 Å². The highest BCUT2D eigenvalue weighted by Crippen LogP contribution is 2.18. The molecule has 0 saturated heterocycles. The van der Waals surface area contributed by atoms with Crippen molar-refractivity contribution < 1.29 is 8.42 Å². The lowest BCUT2D eigenvalue weighted by Gasteiger charge is -2.13. The van der Waals surface area contributed by atoms with Gasteiger partial charge in [-0.1, -0.05) is 12.1 Å². The molecule has 2 aromatic carbocycles. The minimum atomic E-state index is -3.43. The summed E-state index contributed by atoms with van der Waals surface area (Å²) in [5.41, 5.74) is 3.89. The third-order valence-electron chi connectivity index (χ3n) is 3.33. The number of benzene rings is 2. The van der Waals surface area contributed by atoms with E-state index in [1.54, 1.807) is 12.1 Å². The average molecular weight is 349 g/mol. The zero-order chi connectivity index (χ0) is 17.0. The largest absolute Gasteiger partial charge is 0.332 e. The molecular formula is C16H19N3O2S2. The summed E-state index contributed by atoms with van der Waals surface area (Å²) in [6, 6.07) is 12.5. The molecule has 122 valence electrons. The molecule has 2 aromatic rings. The predicted molar refractivity (Wildman–Crippen MR) is 98.4 cm³/mol. The number of hydrogen-bond acceptors (Lipinski definition) is 3. The summed E-state index contributed by atoms with van der Waals surface area (Å²) in [4.78, 5) is 0.207. The van der Waals surface area contributed by atoms with Gasteiger partial charge >= 0.3 is 0 Å². The first-order chi connectivity index (χ1) is 10.8. The van der Waals surface area contributed by atoms with Gasteiger partial charge in [-0.05, 0) is 74.6 Å². The molecule has 0 atom stereocenters. The summed E-state index contributed by atoms with van der Waals surface area (Å²) < 4.78 is 25.6. The van der Waals surface area contributed by atoms with Gasteiger partial charge < -0.3 is 10.6 Å².